The second kappa shape index (κ2) is 4.75. The molecule has 1 aromatic rings. The van der Waals surface area contributed by atoms with Crippen molar-refractivity contribution >= 4 is 0 Å². The standard InChI is InChI=1S/C13H18FN/c14-12-6-3-5-10(8-12)13-7-2-1-4-11(13)9-15/h3,5-6,8,11,13H,1-2,4,7,9,15H2. The van der Waals surface area contributed by atoms with Crippen LogP contribution in [0.2, 0.25) is 0 Å². The molecule has 1 nitrogen and oxygen atoms in total. The van der Waals surface area contributed by atoms with Crippen molar-refractivity contribution in [1.29, 1.82) is 0 Å². The second-order valence-electron chi connectivity index (χ2n) is 4.44. The summed E-state index contributed by atoms with van der Waals surface area (Å²) in [5.74, 6) is 0.883. The van der Waals surface area contributed by atoms with Gasteiger partial charge in [-0.25, -0.2) is 4.39 Å². The Labute approximate surface area is 90.5 Å². The highest BCUT2D eigenvalue weighted by Gasteiger charge is 2.25. The zero-order valence-corrected chi connectivity index (χ0v) is 8.95. The van der Waals surface area contributed by atoms with Crippen LogP contribution >= 0.6 is 0 Å². The van der Waals surface area contributed by atoms with Crippen molar-refractivity contribution < 1.29 is 4.39 Å². The Hall–Kier alpha value is -0.890. The van der Waals surface area contributed by atoms with E-state index in [0.29, 0.717) is 11.8 Å². The number of rotatable bonds is 2. The van der Waals surface area contributed by atoms with Gasteiger partial charge in [0.2, 0.25) is 0 Å². The third-order valence-electron chi connectivity index (χ3n) is 3.49. The summed E-state index contributed by atoms with van der Waals surface area (Å²) in [6, 6.07) is 7.00. The molecule has 0 amide bonds. The number of hydrogen-bond acceptors (Lipinski definition) is 1. The van der Waals surface area contributed by atoms with Crippen molar-refractivity contribution in [2.75, 3.05) is 6.54 Å². The molecule has 0 heterocycles. The van der Waals surface area contributed by atoms with E-state index in [4.69, 9.17) is 5.73 Å². The smallest absolute Gasteiger partial charge is 0.123 e. The van der Waals surface area contributed by atoms with Gasteiger partial charge in [0.05, 0.1) is 0 Å². The van der Waals surface area contributed by atoms with Gasteiger partial charge in [-0.3, -0.25) is 0 Å². The summed E-state index contributed by atoms with van der Waals surface area (Å²) in [5.41, 5.74) is 6.91. The minimum absolute atomic E-state index is 0.131. The predicted octanol–water partition coefficient (Wildman–Crippen LogP) is 3.06. The Bertz CT molecular complexity index is 324. The molecule has 82 valence electrons. The average Bonchev–Trinajstić information content (AvgIpc) is 2.29. The lowest BCUT2D eigenvalue weighted by molar-refractivity contribution is 0.314. The molecule has 2 unspecified atom stereocenters. The van der Waals surface area contributed by atoms with Crippen molar-refractivity contribution in [1.82, 2.24) is 0 Å². The molecule has 0 spiro atoms. The van der Waals surface area contributed by atoms with Crippen LogP contribution in [0.5, 0.6) is 0 Å². The number of benzene rings is 1. The molecule has 0 aromatic heterocycles. The molecule has 2 atom stereocenters. The summed E-state index contributed by atoms with van der Waals surface area (Å²) >= 11 is 0. The normalized spacial score (nSPS) is 26.5. The maximum atomic E-state index is 13.1. The predicted molar refractivity (Wildman–Crippen MR) is 60.2 cm³/mol. The lowest BCUT2D eigenvalue weighted by Crippen LogP contribution is -2.25. The first-order valence-electron chi connectivity index (χ1n) is 5.77. The summed E-state index contributed by atoms with van der Waals surface area (Å²) in [6.07, 6.45) is 4.87. The van der Waals surface area contributed by atoms with Gasteiger partial charge in [-0.05, 0) is 48.9 Å². The van der Waals surface area contributed by atoms with E-state index in [2.05, 4.69) is 0 Å². The maximum Gasteiger partial charge on any atom is 0.123 e. The van der Waals surface area contributed by atoms with Gasteiger partial charge in [0.15, 0.2) is 0 Å². The van der Waals surface area contributed by atoms with E-state index in [1.54, 1.807) is 12.1 Å². The summed E-state index contributed by atoms with van der Waals surface area (Å²) in [6.45, 7) is 0.723. The van der Waals surface area contributed by atoms with Gasteiger partial charge in [-0.2, -0.15) is 0 Å². The van der Waals surface area contributed by atoms with Gasteiger partial charge in [0, 0.05) is 0 Å². The van der Waals surface area contributed by atoms with E-state index in [-0.39, 0.29) is 5.82 Å². The molecule has 0 saturated heterocycles. The lowest BCUT2D eigenvalue weighted by atomic mass is 9.75. The van der Waals surface area contributed by atoms with Crippen LogP contribution in [0.25, 0.3) is 0 Å². The Morgan fingerprint density at radius 2 is 2.07 bits per heavy atom. The molecule has 0 bridgehead atoms. The highest BCUT2D eigenvalue weighted by atomic mass is 19.1. The van der Waals surface area contributed by atoms with E-state index in [0.717, 1.165) is 18.5 Å². The van der Waals surface area contributed by atoms with Crippen LogP contribution in [0, 0.1) is 11.7 Å². The van der Waals surface area contributed by atoms with Crippen LogP contribution in [0.1, 0.15) is 37.2 Å². The molecular formula is C13H18FN. The molecule has 1 fully saturated rings. The first kappa shape index (κ1) is 10.6. The summed E-state index contributed by atoms with van der Waals surface area (Å²) in [5, 5.41) is 0. The van der Waals surface area contributed by atoms with Crippen LogP contribution < -0.4 is 5.73 Å². The lowest BCUT2D eigenvalue weighted by Gasteiger charge is -2.31. The molecule has 1 saturated carbocycles. The molecule has 2 N–H and O–H groups in total. The van der Waals surface area contributed by atoms with Gasteiger partial charge in [-0.1, -0.05) is 25.0 Å². The number of halogens is 1. The summed E-state index contributed by atoms with van der Waals surface area (Å²) < 4.78 is 13.1. The highest BCUT2D eigenvalue weighted by Crippen LogP contribution is 2.37. The van der Waals surface area contributed by atoms with E-state index < -0.39 is 0 Å². The molecular weight excluding hydrogens is 189 g/mol. The Morgan fingerprint density at radius 1 is 1.27 bits per heavy atom. The third-order valence-corrected chi connectivity index (χ3v) is 3.49. The fourth-order valence-corrected chi connectivity index (χ4v) is 2.67. The first-order valence-corrected chi connectivity index (χ1v) is 5.77. The van der Waals surface area contributed by atoms with Gasteiger partial charge < -0.3 is 5.73 Å². The monoisotopic (exact) mass is 207 g/mol. The van der Waals surface area contributed by atoms with E-state index >= 15 is 0 Å². The van der Waals surface area contributed by atoms with Gasteiger partial charge >= 0.3 is 0 Å². The molecule has 1 aliphatic carbocycles. The summed E-state index contributed by atoms with van der Waals surface area (Å²) in [7, 11) is 0. The first-order chi connectivity index (χ1) is 7.31. The van der Waals surface area contributed by atoms with Crippen LogP contribution in [0.15, 0.2) is 24.3 Å². The Kier molecular flexibility index (Phi) is 3.37. The van der Waals surface area contributed by atoms with Crippen molar-refractivity contribution in [3.63, 3.8) is 0 Å². The van der Waals surface area contributed by atoms with E-state index in [1.807, 2.05) is 6.07 Å². The second-order valence-corrected chi connectivity index (χ2v) is 4.44. The van der Waals surface area contributed by atoms with Crippen molar-refractivity contribution in [2.24, 2.45) is 11.7 Å². The fraction of sp³-hybridized carbons (Fsp3) is 0.538. The number of nitrogens with two attached hydrogens (primary N) is 1. The largest absolute Gasteiger partial charge is 0.330 e. The zero-order chi connectivity index (χ0) is 10.7. The van der Waals surface area contributed by atoms with E-state index in [1.165, 1.54) is 25.3 Å². The van der Waals surface area contributed by atoms with Crippen LogP contribution in [0.3, 0.4) is 0 Å². The van der Waals surface area contributed by atoms with Gasteiger partial charge in [0.25, 0.3) is 0 Å². The minimum Gasteiger partial charge on any atom is -0.330 e. The third kappa shape index (κ3) is 2.37. The van der Waals surface area contributed by atoms with Crippen LogP contribution in [-0.4, -0.2) is 6.54 Å². The molecule has 1 aliphatic rings. The summed E-state index contributed by atoms with van der Waals surface area (Å²) in [4.78, 5) is 0. The average molecular weight is 207 g/mol. The molecule has 15 heavy (non-hydrogen) atoms. The molecule has 2 heteroatoms. The Morgan fingerprint density at radius 3 is 2.80 bits per heavy atom. The zero-order valence-electron chi connectivity index (χ0n) is 8.95. The molecule has 0 radical (unpaired) electrons. The number of hydrogen-bond donors (Lipinski definition) is 1. The molecule has 1 aromatic carbocycles. The minimum atomic E-state index is -0.131. The van der Waals surface area contributed by atoms with Crippen LogP contribution in [-0.2, 0) is 0 Å². The van der Waals surface area contributed by atoms with Crippen molar-refractivity contribution in [3.8, 4) is 0 Å². The van der Waals surface area contributed by atoms with E-state index in [9.17, 15) is 4.39 Å². The molecule has 2 rings (SSSR count). The van der Waals surface area contributed by atoms with Gasteiger partial charge in [-0.15, -0.1) is 0 Å². The van der Waals surface area contributed by atoms with Crippen molar-refractivity contribution in [2.45, 2.75) is 31.6 Å². The van der Waals surface area contributed by atoms with Crippen LogP contribution in [0.4, 0.5) is 4.39 Å². The highest BCUT2D eigenvalue weighted by molar-refractivity contribution is 5.22. The SMILES string of the molecule is NCC1CCCCC1c1cccc(F)c1. The molecule has 0 aliphatic heterocycles. The topological polar surface area (TPSA) is 26.0 Å². The fourth-order valence-electron chi connectivity index (χ4n) is 2.67. The maximum absolute atomic E-state index is 13.1. The Balaban J connectivity index is 2.20. The van der Waals surface area contributed by atoms with Crippen molar-refractivity contribution in [3.05, 3.63) is 35.6 Å². The quantitative estimate of drug-likeness (QED) is 0.792. The van der Waals surface area contributed by atoms with Gasteiger partial charge in [0.1, 0.15) is 5.82 Å².